The number of hydrogen-bond acceptors (Lipinski definition) is 2. The second kappa shape index (κ2) is 11.6. The summed E-state index contributed by atoms with van der Waals surface area (Å²) in [6, 6.07) is 63.0. The molecule has 236 valence electrons. The van der Waals surface area contributed by atoms with Crippen molar-refractivity contribution in [2.24, 2.45) is 0 Å². The van der Waals surface area contributed by atoms with Gasteiger partial charge in [0, 0.05) is 26.6 Å². The van der Waals surface area contributed by atoms with E-state index in [1.165, 1.54) is 54.3 Å². The van der Waals surface area contributed by atoms with Crippen LogP contribution in [-0.2, 0) is 10.8 Å². The second-order valence-electron chi connectivity index (χ2n) is 13.6. The number of nitrogens with zero attached hydrogens (tertiary/aromatic N) is 1. The zero-order valence-electron chi connectivity index (χ0n) is 27.6. The van der Waals surface area contributed by atoms with Crippen LogP contribution in [0.5, 0.6) is 0 Å². The van der Waals surface area contributed by atoms with Crippen LogP contribution in [-0.4, -0.2) is 0 Å². The van der Waals surface area contributed by atoms with E-state index in [1.54, 1.807) is 0 Å². The van der Waals surface area contributed by atoms with Gasteiger partial charge in [-0.05, 0) is 86.2 Å². The van der Waals surface area contributed by atoms with Gasteiger partial charge in [-0.3, -0.25) is 0 Å². The van der Waals surface area contributed by atoms with Crippen molar-refractivity contribution in [3.8, 4) is 11.1 Å². The molecule has 1 atom stereocenters. The van der Waals surface area contributed by atoms with Crippen molar-refractivity contribution in [2.75, 3.05) is 4.90 Å². The minimum atomic E-state index is -0.520. The van der Waals surface area contributed by atoms with Crippen molar-refractivity contribution in [1.29, 1.82) is 0 Å². The van der Waals surface area contributed by atoms with Gasteiger partial charge in [0.15, 0.2) is 0 Å². The van der Waals surface area contributed by atoms with Crippen molar-refractivity contribution in [2.45, 2.75) is 34.5 Å². The molecule has 2 aliphatic rings. The minimum Gasteiger partial charge on any atom is -0.310 e. The van der Waals surface area contributed by atoms with E-state index in [0.29, 0.717) is 0 Å². The molecule has 0 bridgehead atoms. The van der Waals surface area contributed by atoms with Gasteiger partial charge in [0.25, 0.3) is 0 Å². The fourth-order valence-corrected chi connectivity index (χ4v) is 9.92. The van der Waals surface area contributed by atoms with Crippen LogP contribution in [0.1, 0.15) is 47.2 Å². The van der Waals surface area contributed by atoms with Gasteiger partial charge in [0.05, 0.1) is 11.1 Å². The lowest BCUT2D eigenvalue weighted by molar-refractivity contribution is 0.607. The van der Waals surface area contributed by atoms with Gasteiger partial charge in [-0.2, -0.15) is 0 Å². The summed E-state index contributed by atoms with van der Waals surface area (Å²) in [6.45, 7) is 4.71. The van der Waals surface area contributed by atoms with Crippen molar-refractivity contribution < 1.29 is 0 Å². The van der Waals surface area contributed by atoms with E-state index in [0.717, 1.165) is 22.4 Å². The molecule has 0 amide bonds. The Kier molecular flexibility index (Phi) is 7.16. The molecule has 1 unspecified atom stereocenters. The lowest BCUT2D eigenvalue weighted by atomic mass is 9.67. The molecule has 0 N–H and O–H groups in total. The third kappa shape index (κ3) is 4.58. The van der Waals surface area contributed by atoms with Crippen LogP contribution < -0.4 is 10.2 Å². The molecule has 7 aromatic carbocycles. The first kappa shape index (κ1) is 30.2. The maximum absolute atomic E-state index is 2.85. The number of anilines is 3. The topological polar surface area (TPSA) is 3.24 Å². The second-order valence-corrected chi connectivity index (χ2v) is 15.3. The molecule has 1 heterocycles. The van der Waals surface area contributed by atoms with E-state index >= 15 is 0 Å². The van der Waals surface area contributed by atoms with Crippen LogP contribution in [0.15, 0.2) is 180 Å². The molecule has 7 aromatic rings. The summed E-state index contributed by atoms with van der Waals surface area (Å²) in [7, 11) is 2.85. The van der Waals surface area contributed by atoms with Gasteiger partial charge in [0.1, 0.15) is 0 Å². The minimum absolute atomic E-state index is 0.0891. The van der Waals surface area contributed by atoms with E-state index in [1.807, 2.05) is 11.8 Å². The van der Waals surface area contributed by atoms with Crippen LogP contribution in [0.3, 0.4) is 0 Å². The molecular weight excluding hydrogens is 630 g/mol. The summed E-state index contributed by atoms with van der Waals surface area (Å²) in [5, 5.41) is 1.16. The normalized spacial score (nSPS) is 14.7. The Labute approximate surface area is 295 Å². The third-order valence-corrected chi connectivity index (χ3v) is 12.1. The lowest BCUT2D eigenvalue weighted by Crippen LogP contribution is -2.31. The number of fused-ring (bicyclic) bond motifs is 5. The molecule has 9 rings (SSSR count). The van der Waals surface area contributed by atoms with Crippen LogP contribution >= 0.6 is 21.0 Å². The Morgan fingerprint density at radius 3 is 1.69 bits per heavy atom. The maximum Gasteiger partial charge on any atom is 0.0733 e. The predicted molar refractivity (Wildman–Crippen MR) is 210 cm³/mol. The average Bonchev–Trinajstić information content (AvgIpc) is 3.44. The van der Waals surface area contributed by atoms with Gasteiger partial charge in [0.2, 0.25) is 0 Å². The highest BCUT2D eigenvalue weighted by molar-refractivity contribution is 7.99. The highest BCUT2D eigenvalue weighted by Gasteiger charge is 2.47. The Bertz CT molecular complexity index is 2310. The maximum atomic E-state index is 2.85. The number of rotatable bonds is 5. The quantitative estimate of drug-likeness (QED) is 0.168. The van der Waals surface area contributed by atoms with Crippen LogP contribution in [0.4, 0.5) is 17.1 Å². The van der Waals surface area contributed by atoms with E-state index in [4.69, 9.17) is 0 Å². The van der Waals surface area contributed by atoms with Crippen LogP contribution in [0.2, 0.25) is 0 Å². The Morgan fingerprint density at radius 1 is 0.469 bits per heavy atom. The largest absolute Gasteiger partial charge is 0.310 e. The Hall–Kier alpha value is -4.88. The van der Waals surface area contributed by atoms with E-state index < -0.39 is 5.41 Å². The summed E-state index contributed by atoms with van der Waals surface area (Å²) in [4.78, 5) is 5.11. The van der Waals surface area contributed by atoms with Gasteiger partial charge in [-0.1, -0.05) is 159 Å². The molecule has 1 aliphatic carbocycles. The van der Waals surface area contributed by atoms with Crippen molar-refractivity contribution in [3.05, 3.63) is 203 Å². The van der Waals surface area contributed by atoms with Gasteiger partial charge in [-0.25, -0.2) is 0 Å². The zero-order valence-corrected chi connectivity index (χ0v) is 29.6. The fourth-order valence-electron chi connectivity index (χ4n) is 8.30. The fraction of sp³-hybridized carbons (Fsp3) is 0.0870. The molecule has 0 saturated carbocycles. The van der Waals surface area contributed by atoms with Gasteiger partial charge < -0.3 is 4.90 Å². The highest BCUT2D eigenvalue weighted by atomic mass is 32.2. The molecule has 49 heavy (non-hydrogen) atoms. The lowest BCUT2D eigenvalue weighted by Gasteiger charge is -2.39. The van der Waals surface area contributed by atoms with E-state index in [9.17, 15) is 0 Å². The Balaban J connectivity index is 1.33. The zero-order chi connectivity index (χ0) is 33.2. The predicted octanol–water partition coefficient (Wildman–Crippen LogP) is 11.8. The van der Waals surface area contributed by atoms with Gasteiger partial charge >= 0.3 is 0 Å². The molecule has 1 nitrogen and oxygen atoms in total. The summed E-state index contributed by atoms with van der Waals surface area (Å²) in [5.41, 5.74) is 13.3. The first-order valence-corrected chi connectivity index (χ1v) is 18.3. The number of benzene rings is 7. The van der Waals surface area contributed by atoms with Gasteiger partial charge in [-0.15, -0.1) is 9.24 Å². The van der Waals surface area contributed by atoms with Crippen LogP contribution in [0.25, 0.3) is 11.1 Å². The summed E-state index contributed by atoms with van der Waals surface area (Å²) in [6.07, 6.45) is 0. The summed E-state index contributed by atoms with van der Waals surface area (Å²) < 4.78 is 0. The molecule has 0 spiro atoms. The van der Waals surface area contributed by atoms with E-state index in [2.05, 4.69) is 198 Å². The highest BCUT2D eigenvalue weighted by Crippen LogP contribution is 2.59. The third-order valence-electron chi connectivity index (χ3n) is 10.5. The molecule has 0 fully saturated rings. The number of hydrogen-bond donors (Lipinski definition) is 0. The number of para-hydroxylation sites is 1. The smallest absolute Gasteiger partial charge is 0.0733 e. The van der Waals surface area contributed by atoms with Crippen molar-refractivity contribution >= 4 is 43.4 Å². The molecule has 0 saturated heterocycles. The standard InChI is InChI=1S/C46H36NPS/c1-45(2)40-21-11-13-23-43(40)49-44-30-33(26-29-41(44)45)47(32-24-27-34(48)28-25-32)42-22-12-10-20-39(42)46(31-14-4-3-5-15-31)37-18-8-6-16-35(37)36-17-7-9-19-38(36)46/h3-30H,48H2,1-2H3. The monoisotopic (exact) mass is 665 g/mol. The molecule has 0 aromatic heterocycles. The Morgan fingerprint density at radius 2 is 1.00 bits per heavy atom. The summed E-state index contributed by atoms with van der Waals surface area (Å²) >= 11 is 1.89. The van der Waals surface area contributed by atoms with Crippen molar-refractivity contribution in [3.63, 3.8) is 0 Å². The van der Waals surface area contributed by atoms with E-state index in [-0.39, 0.29) is 5.41 Å². The first-order valence-electron chi connectivity index (χ1n) is 16.9. The molecule has 0 radical (unpaired) electrons. The molecule has 1 aliphatic heterocycles. The first-order chi connectivity index (χ1) is 24.0. The average molecular weight is 666 g/mol. The molecule has 3 heteroatoms. The van der Waals surface area contributed by atoms with Crippen LogP contribution in [0, 0.1) is 0 Å². The van der Waals surface area contributed by atoms with Crippen molar-refractivity contribution in [1.82, 2.24) is 0 Å². The molecular formula is C46H36NPS. The summed E-state index contributed by atoms with van der Waals surface area (Å²) in [5.74, 6) is 0. The SMILES string of the molecule is CC1(C)c2ccccc2Sc2cc(N(c3ccc(P)cc3)c3ccccc3C3(c4ccccc4)c4ccccc4-c4ccccc43)ccc21.